The smallest absolute Gasteiger partial charge is 0.263 e. The van der Waals surface area contributed by atoms with E-state index in [9.17, 15) is 4.79 Å². The van der Waals surface area contributed by atoms with Gasteiger partial charge in [0.15, 0.2) is 5.16 Å². The van der Waals surface area contributed by atoms with E-state index < -0.39 is 0 Å². The number of hydrogen-bond donors (Lipinski definition) is 0. The Morgan fingerprint density at radius 1 is 1.30 bits per heavy atom. The quantitative estimate of drug-likeness (QED) is 0.477. The van der Waals surface area contributed by atoms with Gasteiger partial charge < -0.3 is 9.15 Å². The summed E-state index contributed by atoms with van der Waals surface area (Å²) in [5, 5.41) is 9.44. The summed E-state index contributed by atoms with van der Waals surface area (Å²) in [6.07, 6.45) is 5.30. The maximum absolute atomic E-state index is 13.4. The minimum atomic E-state index is 0.0686. The van der Waals surface area contributed by atoms with Crippen molar-refractivity contribution in [2.24, 2.45) is 0 Å². The van der Waals surface area contributed by atoms with Gasteiger partial charge in [-0.15, -0.1) is 21.5 Å². The first-order chi connectivity index (χ1) is 13.2. The van der Waals surface area contributed by atoms with Crippen molar-refractivity contribution < 1.29 is 9.15 Å². The molecule has 4 heterocycles. The molecule has 0 unspecified atom stereocenters. The van der Waals surface area contributed by atoms with Gasteiger partial charge in [0.1, 0.15) is 4.83 Å². The molecule has 3 aromatic rings. The highest BCUT2D eigenvalue weighted by Gasteiger charge is 2.25. The fourth-order valence-corrected chi connectivity index (χ4v) is 5.99. The zero-order valence-corrected chi connectivity index (χ0v) is 16.7. The predicted molar refractivity (Wildman–Crippen MR) is 103 cm³/mol. The van der Waals surface area contributed by atoms with Crippen LogP contribution in [0.4, 0.5) is 0 Å². The standard InChI is InChI=1S/C18H20N4O3S2/c1-10-20-21-14(25-10)9-26-18-19-16-15(12-5-2-6-13(12)27-16)17(23)22(18)8-11-4-3-7-24-11/h11H,2-9H2,1H3/t11-/m1/s1. The molecular formula is C18H20N4O3S2. The Morgan fingerprint density at radius 2 is 2.22 bits per heavy atom. The third-order valence-corrected chi connectivity index (χ3v) is 7.24. The van der Waals surface area contributed by atoms with Gasteiger partial charge in [0.05, 0.1) is 23.8 Å². The highest BCUT2D eigenvalue weighted by Crippen LogP contribution is 2.36. The summed E-state index contributed by atoms with van der Waals surface area (Å²) in [6.45, 7) is 3.09. The van der Waals surface area contributed by atoms with Crippen molar-refractivity contribution in [3.8, 4) is 0 Å². The average Bonchev–Trinajstić information content (AvgIpc) is 3.40. The molecule has 0 radical (unpaired) electrons. The summed E-state index contributed by atoms with van der Waals surface area (Å²) in [4.78, 5) is 20.4. The van der Waals surface area contributed by atoms with Crippen molar-refractivity contribution in [1.29, 1.82) is 0 Å². The van der Waals surface area contributed by atoms with Gasteiger partial charge in [0.25, 0.3) is 5.56 Å². The average molecular weight is 405 g/mol. The number of ether oxygens (including phenoxy) is 1. The van der Waals surface area contributed by atoms with Gasteiger partial charge in [0.2, 0.25) is 11.8 Å². The van der Waals surface area contributed by atoms with Crippen LogP contribution in [-0.2, 0) is 29.9 Å². The van der Waals surface area contributed by atoms with Crippen LogP contribution in [0.5, 0.6) is 0 Å². The number of thiophene rings is 1. The molecule has 142 valence electrons. The van der Waals surface area contributed by atoms with Crippen LogP contribution in [0.2, 0.25) is 0 Å². The van der Waals surface area contributed by atoms with Crippen molar-refractivity contribution in [2.75, 3.05) is 6.61 Å². The number of aryl methyl sites for hydroxylation is 3. The highest BCUT2D eigenvalue weighted by atomic mass is 32.2. The van der Waals surface area contributed by atoms with Gasteiger partial charge in [-0.3, -0.25) is 9.36 Å². The Hall–Kier alpha value is -1.71. The molecule has 1 atom stereocenters. The van der Waals surface area contributed by atoms with E-state index in [-0.39, 0.29) is 11.7 Å². The van der Waals surface area contributed by atoms with Gasteiger partial charge in [-0.2, -0.15) is 0 Å². The number of thioether (sulfide) groups is 1. The first kappa shape index (κ1) is 17.4. The topological polar surface area (TPSA) is 83.0 Å². The van der Waals surface area contributed by atoms with Gasteiger partial charge in [-0.1, -0.05) is 11.8 Å². The lowest BCUT2D eigenvalue weighted by Crippen LogP contribution is -2.28. The highest BCUT2D eigenvalue weighted by molar-refractivity contribution is 7.98. The van der Waals surface area contributed by atoms with E-state index in [1.165, 1.54) is 22.2 Å². The number of hydrogen-bond acceptors (Lipinski definition) is 8. The summed E-state index contributed by atoms with van der Waals surface area (Å²) in [5.41, 5.74) is 1.29. The molecular weight excluding hydrogens is 384 g/mol. The van der Waals surface area contributed by atoms with Crippen LogP contribution < -0.4 is 5.56 Å². The molecule has 0 saturated carbocycles. The van der Waals surface area contributed by atoms with Crippen molar-refractivity contribution in [1.82, 2.24) is 19.7 Å². The van der Waals surface area contributed by atoms with E-state index in [0.29, 0.717) is 29.2 Å². The summed E-state index contributed by atoms with van der Waals surface area (Å²) >= 11 is 3.14. The molecule has 9 heteroatoms. The fraction of sp³-hybridized carbons (Fsp3) is 0.556. The molecule has 0 N–H and O–H groups in total. The minimum Gasteiger partial charge on any atom is -0.425 e. The van der Waals surface area contributed by atoms with Crippen LogP contribution in [0.15, 0.2) is 14.4 Å². The Morgan fingerprint density at radius 3 is 3.00 bits per heavy atom. The zero-order chi connectivity index (χ0) is 18.4. The second kappa shape index (κ2) is 7.03. The number of fused-ring (bicyclic) bond motifs is 3. The molecule has 1 aliphatic carbocycles. The van der Waals surface area contributed by atoms with Crippen LogP contribution in [-0.4, -0.2) is 32.5 Å². The van der Waals surface area contributed by atoms with Gasteiger partial charge >= 0.3 is 0 Å². The first-order valence-corrected chi connectivity index (χ1v) is 11.1. The molecule has 2 aliphatic rings. The van der Waals surface area contributed by atoms with E-state index in [2.05, 4.69) is 10.2 Å². The minimum absolute atomic E-state index is 0.0686. The molecule has 7 nitrogen and oxygen atoms in total. The largest absolute Gasteiger partial charge is 0.425 e. The molecule has 1 fully saturated rings. The molecule has 3 aromatic heterocycles. The summed E-state index contributed by atoms with van der Waals surface area (Å²) in [6, 6.07) is 0. The van der Waals surface area contributed by atoms with E-state index in [0.717, 1.165) is 48.9 Å². The molecule has 5 rings (SSSR count). The SMILES string of the molecule is Cc1nnc(CSc2nc3sc4c(c3c(=O)n2C[C@H]2CCCO2)CCC4)o1. The third-order valence-electron chi connectivity index (χ3n) is 5.09. The van der Waals surface area contributed by atoms with Crippen LogP contribution in [0.3, 0.4) is 0 Å². The summed E-state index contributed by atoms with van der Waals surface area (Å²) < 4.78 is 13.1. The van der Waals surface area contributed by atoms with Crippen molar-refractivity contribution in [2.45, 2.75) is 62.6 Å². The van der Waals surface area contributed by atoms with E-state index >= 15 is 0 Å². The Balaban J connectivity index is 1.55. The molecule has 0 aromatic carbocycles. The van der Waals surface area contributed by atoms with E-state index in [1.54, 1.807) is 22.8 Å². The maximum Gasteiger partial charge on any atom is 0.263 e. The van der Waals surface area contributed by atoms with E-state index in [1.807, 2.05) is 0 Å². The second-order valence-corrected chi connectivity index (χ2v) is 9.01. The molecule has 1 saturated heterocycles. The molecule has 0 spiro atoms. The first-order valence-electron chi connectivity index (χ1n) is 9.27. The second-order valence-electron chi connectivity index (χ2n) is 6.99. The molecule has 27 heavy (non-hydrogen) atoms. The summed E-state index contributed by atoms with van der Waals surface area (Å²) in [5.74, 6) is 1.58. The molecule has 0 bridgehead atoms. The lowest BCUT2D eigenvalue weighted by molar-refractivity contribution is 0.0937. The molecule has 1 aliphatic heterocycles. The fourth-order valence-electron chi connectivity index (χ4n) is 3.84. The Kier molecular flexibility index (Phi) is 4.53. The molecule has 0 amide bonds. The van der Waals surface area contributed by atoms with Crippen LogP contribution in [0, 0.1) is 6.92 Å². The zero-order valence-electron chi connectivity index (χ0n) is 15.1. The van der Waals surface area contributed by atoms with Crippen molar-refractivity contribution >= 4 is 33.3 Å². The Bertz CT molecular complexity index is 1050. The van der Waals surface area contributed by atoms with E-state index in [4.69, 9.17) is 14.1 Å². The number of rotatable bonds is 5. The van der Waals surface area contributed by atoms with Crippen LogP contribution in [0.25, 0.3) is 10.2 Å². The monoisotopic (exact) mass is 404 g/mol. The van der Waals surface area contributed by atoms with Crippen LogP contribution >= 0.6 is 23.1 Å². The number of aromatic nitrogens is 4. The predicted octanol–water partition coefficient (Wildman–Crippen LogP) is 3.11. The van der Waals surface area contributed by atoms with Gasteiger partial charge in [0, 0.05) is 18.4 Å². The van der Waals surface area contributed by atoms with Crippen molar-refractivity contribution in [3.63, 3.8) is 0 Å². The lowest BCUT2D eigenvalue weighted by atomic mass is 10.2. The van der Waals surface area contributed by atoms with Crippen LogP contribution in [0.1, 0.15) is 41.5 Å². The van der Waals surface area contributed by atoms with Gasteiger partial charge in [-0.25, -0.2) is 4.98 Å². The Labute approximate surface area is 164 Å². The van der Waals surface area contributed by atoms with Crippen molar-refractivity contribution in [3.05, 3.63) is 32.6 Å². The third kappa shape index (κ3) is 3.21. The summed E-state index contributed by atoms with van der Waals surface area (Å²) in [7, 11) is 0. The maximum atomic E-state index is 13.4. The lowest BCUT2D eigenvalue weighted by Gasteiger charge is -2.15. The normalized spacial score (nSPS) is 19.2. The number of nitrogens with zero attached hydrogens (tertiary/aromatic N) is 4. The van der Waals surface area contributed by atoms with Gasteiger partial charge in [-0.05, 0) is 37.7 Å².